The lowest BCUT2D eigenvalue weighted by Gasteiger charge is -2.65. The number of aliphatic carboxylic acids is 1. The number of benzene rings is 1. The Bertz CT molecular complexity index is 2060. The summed E-state index contributed by atoms with van der Waals surface area (Å²) in [6.07, 6.45) is 3.35. The molecule has 3 aliphatic heterocycles. The maximum absolute atomic E-state index is 14.9. The topological polar surface area (TPSA) is 138 Å². The van der Waals surface area contributed by atoms with Gasteiger partial charge in [-0.3, -0.25) is 9.59 Å². The minimum atomic E-state index is -1.48. The van der Waals surface area contributed by atoms with Gasteiger partial charge in [-0.1, -0.05) is 32.9 Å². The molecule has 0 bridgehead atoms. The third kappa shape index (κ3) is 3.83. The molecule has 0 radical (unpaired) electrons. The molecule has 280 valence electrons. The highest BCUT2D eigenvalue weighted by Gasteiger charge is 2.74. The van der Waals surface area contributed by atoms with Gasteiger partial charge in [0.1, 0.15) is 6.04 Å². The predicted octanol–water partition coefficient (Wildman–Crippen LogP) is 6.79. The molecule has 1 aromatic carbocycles. The Hall–Kier alpha value is -2.82. The van der Waals surface area contributed by atoms with E-state index in [1.165, 1.54) is 18.2 Å². The first-order chi connectivity index (χ1) is 24.0. The van der Waals surface area contributed by atoms with Crippen LogP contribution in [-0.4, -0.2) is 65.9 Å². The van der Waals surface area contributed by atoms with E-state index < -0.39 is 58.6 Å². The third-order valence-electron chi connectivity index (χ3n) is 16.1. The zero-order valence-electron chi connectivity index (χ0n) is 32.1. The van der Waals surface area contributed by atoms with Gasteiger partial charge >= 0.3 is 5.97 Å². The molecular weight excluding hydrogens is 658 g/mol. The lowest BCUT2D eigenvalue weighted by atomic mass is 9.40. The van der Waals surface area contributed by atoms with Crippen LogP contribution in [0.25, 0.3) is 16.5 Å². The van der Waals surface area contributed by atoms with Gasteiger partial charge in [0.2, 0.25) is 0 Å². The number of rotatable bonds is 4. The van der Waals surface area contributed by atoms with Crippen molar-refractivity contribution >= 4 is 28.2 Å². The SMILES string of the molecule is C=C(C)C1C(=O)c2c3c(cc4c5c(n1c24)C1(C)C(CCC2C4(C)CC(C(O)C(C)C(=O)O)OC4(O)CCC21C)C5)C1=CC(C)(C)OC(C)(C)C1C3O. The molecule has 7 aliphatic rings. The van der Waals surface area contributed by atoms with Crippen LogP contribution in [0, 0.1) is 34.5 Å². The van der Waals surface area contributed by atoms with Crippen molar-refractivity contribution in [2.45, 2.75) is 148 Å². The number of carbonyl (C=O) groups is 2. The highest BCUT2D eigenvalue weighted by Crippen LogP contribution is 2.74. The molecule has 1 saturated heterocycles. The van der Waals surface area contributed by atoms with Crippen molar-refractivity contribution in [3.63, 3.8) is 0 Å². The average Bonchev–Trinajstić information content (AvgIpc) is 3.77. The van der Waals surface area contributed by atoms with E-state index in [-0.39, 0.29) is 28.4 Å². The number of allylic oxidation sites excluding steroid dienone is 1. The van der Waals surface area contributed by atoms with Gasteiger partial charge in [-0.15, -0.1) is 0 Å². The zero-order chi connectivity index (χ0) is 37.6. The molecule has 0 amide bonds. The van der Waals surface area contributed by atoms with Crippen molar-refractivity contribution in [3.05, 3.63) is 52.2 Å². The standard InChI is InChI=1S/C43H55NO8/c1-19(2)31-35(47)29-28-22(25-17-38(4,5)52-39(6,7)30(25)34(28)46)16-23-24-15-21-11-12-27-40(8,42(21,10)36(24)44(31)32(23)29)13-14-43(50)41(27,9)18-26(51-43)33(45)20(3)37(48)49/h16-17,20-21,26-27,30-31,33-34,45-46,50H,1,11-15,18H2,2-10H3,(H,48,49). The van der Waals surface area contributed by atoms with E-state index in [9.17, 15) is 30.0 Å². The number of hydrogen-bond acceptors (Lipinski definition) is 7. The Kier molecular flexibility index (Phi) is 6.76. The molecule has 12 atom stereocenters. The Morgan fingerprint density at radius 2 is 1.77 bits per heavy atom. The van der Waals surface area contributed by atoms with Gasteiger partial charge in [0.15, 0.2) is 11.6 Å². The molecule has 9 rings (SSSR count). The van der Waals surface area contributed by atoms with Gasteiger partial charge < -0.3 is 34.5 Å². The van der Waals surface area contributed by atoms with Crippen LogP contribution in [0.3, 0.4) is 0 Å². The Morgan fingerprint density at radius 1 is 1.08 bits per heavy atom. The van der Waals surface area contributed by atoms with Gasteiger partial charge in [-0.25, -0.2) is 0 Å². The number of carboxylic acid groups (broad SMARTS) is 1. The molecule has 4 aliphatic carbocycles. The molecule has 12 unspecified atom stereocenters. The van der Waals surface area contributed by atoms with E-state index in [0.29, 0.717) is 30.7 Å². The van der Waals surface area contributed by atoms with Crippen LogP contribution in [0.5, 0.6) is 0 Å². The highest BCUT2D eigenvalue weighted by atomic mass is 16.6. The summed E-state index contributed by atoms with van der Waals surface area (Å²) in [5.41, 5.74) is 4.93. The van der Waals surface area contributed by atoms with Crippen LogP contribution in [0.4, 0.5) is 0 Å². The summed E-state index contributed by atoms with van der Waals surface area (Å²) < 4.78 is 15.2. The summed E-state index contributed by atoms with van der Waals surface area (Å²) in [6.45, 7) is 22.8. The molecule has 9 heteroatoms. The maximum Gasteiger partial charge on any atom is 0.308 e. The summed E-state index contributed by atoms with van der Waals surface area (Å²) in [5.74, 6) is -3.58. The quantitative estimate of drug-likeness (QED) is 0.254. The molecule has 4 heterocycles. The minimum Gasteiger partial charge on any atom is -0.481 e. The van der Waals surface area contributed by atoms with Crippen molar-refractivity contribution in [3.8, 4) is 0 Å². The highest BCUT2D eigenvalue weighted by molar-refractivity contribution is 6.18. The molecule has 2 aromatic rings. The van der Waals surface area contributed by atoms with E-state index in [0.717, 1.165) is 52.4 Å². The fraction of sp³-hybridized carbons (Fsp3) is 0.674. The van der Waals surface area contributed by atoms with Crippen LogP contribution in [0.2, 0.25) is 0 Å². The van der Waals surface area contributed by atoms with E-state index in [1.54, 1.807) is 0 Å². The lowest BCUT2D eigenvalue weighted by Crippen LogP contribution is -2.65. The first-order valence-electron chi connectivity index (χ1n) is 19.4. The largest absolute Gasteiger partial charge is 0.481 e. The number of aliphatic hydroxyl groups excluding tert-OH is 2. The van der Waals surface area contributed by atoms with Crippen LogP contribution >= 0.6 is 0 Å². The zero-order valence-corrected chi connectivity index (χ0v) is 32.1. The number of aliphatic hydroxyl groups is 3. The number of carboxylic acids is 1. The molecule has 9 nitrogen and oxygen atoms in total. The van der Waals surface area contributed by atoms with Crippen LogP contribution in [0.15, 0.2) is 24.3 Å². The Morgan fingerprint density at radius 3 is 2.42 bits per heavy atom. The number of nitrogens with zero attached hydrogens (tertiary/aromatic N) is 1. The van der Waals surface area contributed by atoms with Crippen LogP contribution < -0.4 is 0 Å². The fourth-order valence-electron chi connectivity index (χ4n) is 13.8. The first-order valence-corrected chi connectivity index (χ1v) is 19.4. The summed E-state index contributed by atoms with van der Waals surface area (Å²) in [5, 5.41) is 46.4. The normalized spacial score (nSPS) is 42.8. The van der Waals surface area contributed by atoms with Crippen LogP contribution in [0.1, 0.15) is 139 Å². The number of Topliss-reactive ketones (excluding diaryl/α,β-unsaturated/α-hetero) is 1. The van der Waals surface area contributed by atoms with Crippen molar-refractivity contribution in [2.75, 3.05) is 0 Å². The van der Waals surface area contributed by atoms with E-state index >= 15 is 0 Å². The van der Waals surface area contributed by atoms with Gasteiger partial charge in [0.25, 0.3) is 0 Å². The minimum absolute atomic E-state index is 0.00783. The van der Waals surface area contributed by atoms with Gasteiger partial charge in [0.05, 0.1) is 46.5 Å². The molecule has 0 spiro atoms. The third-order valence-corrected chi connectivity index (χ3v) is 16.1. The maximum atomic E-state index is 14.9. The van der Waals surface area contributed by atoms with Gasteiger partial charge in [-0.2, -0.15) is 0 Å². The second kappa shape index (κ2) is 10.1. The molecule has 4 N–H and O–H groups in total. The second-order valence-corrected chi connectivity index (χ2v) is 19.6. The number of ether oxygens (including phenoxy) is 2. The molecule has 1 aromatic heterocycles. The summed E-state index contributed by atoms with van der Waals surface area (Å²) in [7, 11) is 0. The molecule has 2 saturated carbocycles. The number of aromatic nitrogens is 1. The van der Waals surface area contributed by atoms with E-state index in [2.05, 4.69) is 57.9 Å². The van der Waals surface area contributed by atoms with Crippen molar-refractivity contribution < 1.29 is 39.5 Å². The monoisotopic (exact) mass is 713 g/mol. The summed E-state index contributed by atoms with van der Waals surface area (Å²) in [4.78, 5) is 26.7. The van der Waals surface area contributed by atoms with E-state index in [1.807, 2.05) is 20.8 Å². The second-order valence-electron chi connectivity index (χ2n) is 19.6. The van der Waals surface area contributed by atoms with Crippen molar-refractivity contribution in [2.24, 2.45) is 34.5 Å². The molecule has 3 fully saturated rings. The summed E-state index contributed by atoms with van der Waals surface area (Å²) >= 11 is 0. The summed E-state index contributed by atoms with van der Waals surface area (Å²) in [6, 6.07) is 1.69. The van der Waals surface area contributed by atoms with E-state index in [4.69, 9.17) is 9.47 Å². The molecule has 52 heavy (non-hydrogen) atoms. The number of fused-ring (bicyclic) bond motifs is 13. The number of hydrogen-bond donors (Lipinski definition) is 4. The number of carbonyl (C=O) groups excluding carboxylic acids is 1. The van der Waals surface area contributed by atoms with Gasteiger partial charge in [-0.05, 0) is 120 Å². The van der Waals surface area contributed by atoms with Gasteiger partial charge in [0, 0.05) is 39.8 Å². The molecular formula is C43H55NO8. The average molecular weight is 714 g/mol. The van der Waals surface area contributed by atoms with Crippen LogP contribution in [-0.2, 0) is 26.1 Å². The lowest BCUT2D eigenvalue weighted by molar-refractivity contribution is -0.301. The first kappa shape index (κ1) is 34.9. The van der Waals surface area contributed by atoms with Crippen molar-refractivity contribution in [1.29, 1.82) is 0 Å². The number of ketones is 1. The fourth-order valence-corrected chi connectivity index (χ4v) is 13.8. The predicted molar refractivity (Wildman–Crippen MR) is 196 cm³/mol. The Labute approximate surface area is 306 Å². The van der Waals surface area contributed by atoms with Crippen molar-refractivity contribution in [1.82, 2.24) is 4.57 Å². The Balaban J connectivity index is 1.24. The smallest absolute Gasteiger partial charge is 0.308 e.